The highest BCUT2D eigenvalue weighted by molar-refractivity contribution is 5.45. The molecule has 2 heteroatoms. The van der Waals surface area contributed by atoms with Crippen molar-refractivity contribution in [2.75, 3.05) is 0 Å². The van der Waals surface area contributed by atoms with Crippen molar-refractivity contribution in [3.63, 3.8) is 0 Å². The fourth-order valence-electron chi connectivity index (χ4n) is 3.11. The first-order chi connectivity index (χ1) is 8.63. The molecule has 0 spiro atoms. The van der Waals surface area contributed by atoms with Gasteiger partial charge in [-0.3, -0.25) is 0 Å². The zero-order valence-corrected chi connectivity index (χ0v) is 11.5. The van der Waals surface area contributed by atoms with E-state index in [-0.39, 0.29) is 5.54 Å². The Bertz CT molecular complexity index is 492. The summed E-state index contributed by atoms with van der Waals surface area (Å²) < 4.78 is 0. The third kappa shape index (κ3) is 2.13. The van der Waals surface area contributed by atoms with Crippen molar-refractivity contribution in [3.05, 3.63) is 34.4 Å². The molecule has 0 radical (unpaired) electrons. The Labute approximate surface area is 109 Å². The van der Waals surface area contributed by atoms with E-state index in [1.165, 1.54) is 22.3 Å². The Morgan fingerprint density at radius 1 is 1.28 bits per heavy atom. The molecule has 1 fully saturated rings. The van der Waals surface area contributed by atoms with E-state index < -0.39 is 0 Å². The molecule has 1 saturated carbocycles. The van der Waals surface area contributed by atoms with Gasteiger partial charge in [0.05, 0.1) is 5.54 Å². The highest BCUT2D eigenvalue weighted by atomic mass is 16.1. The molecule has 0 unspecified atom stereocenters. The number of hydrogen-bond acceptors (Lipinski definition) is 2. The van der Waals surface area contributed by atoms with E-state index in [0.29, 0.717) is 0 Å². The van der Waals surface area contributed by atoms with E-state index in [9.17, 15) is 4.79 Å². The van der Waals surface area contributed by atoms with Gasteiger partial charge in [0.2, 0.25) is 6.08 Å². The molecular formula is C16H21NO. The lowest BCUT2D eigenvalue weighted by Gasteiger charge is -2.26. The van der Waals surface area contributed by atoms with Gasteiger partial charge < -0.3 is 0 Å². The number of benzene rings is 1. The molecule has 0 atom stereocenters. The van der Waals surface area contributed by atoms with Crippen LogP contribution in [-0.2, 0) is 16.8 Å². The predicted octanol–water partition coefficient (Wildman–Crippen LogP) is 3.97. The average molecular weight is 243 g/mol. The monoisotopic (exact) mass is 243 g/mol. The van der Waals surface area contributed by atoms with Crippen molar-refractivity contribution >= 4 is 6.08 Å². The SMILES string of the molecule is CCc1cc(C)c(C)c(C2(N=C=O)CCCC2)c1. The zero-order valence-electron chi connectivity index (χ0n) is 11.5. The summed E-state index contributed by atoms with van der Waals surface area (Å²) in [5.41, 5.74) is 4.88. The first kappa shape index (κ1) is 13.0. The number of aryl methyl sites for hydroxylation is 2. The van der Waals surface area contributed by atoms with E-state index in [4.69, 9.17) is 0 Å². The second-order valence-electron chi connectivity index (χ2n) is 5.38. The van der Waals surface area contributed by atoms with E-state index in [1.807, 2.05) is 6.08 Å². The van der Waals surface area contributed by atoms with Crippen molar-refractivity contribution < 1.29 is 4.79 Å². The summed E-state index contributed by atoms with van der Waals surface area (Å²) in [6, 6.07) is 4.49. The molecule has 18 heavy (non-hydrogen) atoms. The summed E-state index contributed by atoms with van der Waals surface area (Å²) in [5, 5.41) is 0. The van der Waals surface area contributed by atoms with Gasteiger partial charge in [-0.15, -0.1) is 0 Å². The lowest BCUT2D eigenvalue weighted by molar-refractivity contribution is 0.453. The van der Waals surface area contributed by atoms with Crippen LogP contribution < -0.4 is 0 Å². The van der Waals surface area contributed by atoms with E-state index >= 15 is 0 Å². The van der Waals surface area contributed by atoms with Crippen LogP contribution in [0.3, 0.4) is 0 Å². The number of hydrogen-bond donors (Lipinski definition) is 0. The fraction of sp³-hybridized carbons (Fsp3) is 0.562. The van der Waals surface area contributed by atoms with Crippen molar-refractivity contribution in [2.45, 2.75) is 58.4 Å². The lowest BCUT2D eigenvalue weighted by atomic mass is 9.83. The smallest absolute Gasteiger partial charge is 0.211 e. The van der Waals surface area contributed by atoms with Crippen LogP contribution in [0.15, 0.2) is 17.1 Å². The number of rotatable bonds is 3. The summed E-state index contributed by atoms with van der Waals surface area (Å²) in [4.78, 5) is 15.0. The van der Waals surface area contributed by atoms with Crippen LogP contribution in [0.25, 0.3) is 0 Å². The van der Waals surface area contributed by atoms with Crippen molar-refractivity contribution in [3.8, 4) is 0 Å². The first-order valence-electron chi connectivity index (χ1n) is 6.82. The molecule has 0 aromatic heterocycles. The van der Waals surface area contributed by atoms with Gasteiger partial charge in [0.25, 0.3) is 0 Å². The van der Waals surface area contributed by atoms with E-state index in [2.05, 4.69) is 37.9 Å². The lowest BCUT2D eigenvalue weighted by Crippen LogP contribution is -2.21. The number of carbonyl (C=O) groups excluding carboxylic acids is 1. The number of aliphatic imine (C=N–C) groups is 1. The maximum absolute atomic E-state index is 10.8. The summed E-state index contributed by atoms with van der Waals surface area (Å²) in [5.74, 6) is 0. The fourth-order valence-corrected chi connectivity index (χ4v) is 3.11. The van der Waals surface area contributed by atoms with Gasteiger partial charge in [0, 0.05) is 0 Å². The summed E-state index contributed by atoms with van der Waals surface area (Å²) in [6.07, 6.45) is 7.10. The Hall–Kier alpha value is -1.40. The molecule has 1 aliphatic rings. The molecule has 96 valence electrons. The third-order valence-corrected chi connectivity index (χ3v) is 4.33. The van der Waals surface area contributed by atoms with Gasteiger partial charge in [-0.05, 0) is 55.4 Å². The summed E-state index contributed by atoms with van der Waals surface area (Å²) in [6.45, 7) is 6.45. The highest BCUT2D eigenvalue weighted by Crippen LogP contribution is 2.44. The molecular weight excluding hydrogens is 222 g/mol. The molecule has 0 bridgehead atoms. The molecule has 0 heterocycles. The van der Waals surface area contributed by atoms with Crippen LogP contribution in [0, 0.1) is 13.8 Å². The molecule has 0 aliphatic heterocycles. The minimum atomic E-state index is -0.290. The molecule has 0 saturated heterocycles. The van der Waals surface area contributed by atoms with Crippen molar-refractivity contribution in [1.82, 2.24) is 0 Å². The molecule has 1 aliphatic carbocycles. The highest BCUT2D eigenvalue weighted by Gasteiger charge is 2.37. The van der Waals surface area contributed by atoms with Crippen molar-refractivity contribution in [1.29, 1.82) is 0 Å². The second-order valence-corrected chi connectivity index (χ2v) is 5.38. The maximum atomic E-state index is 10.8. The average Bonchev–Trinajstić information content (AvgIpc) is 2.82. The minimum Gasteiger partial charge on any atom is -0.211 e. The van der Waals surface area contributed by atoms with Crippen LogP contribution in [-0.4, -0.2) is 6.08 Å². The third-order valence-electron chi connectivity index (χ3n) is 4.33. The van der Waals surface area contributed by atoms with Gasteiger partial charge >= 0.3 is 0 Å². The van der Waals surface area contributed by atoms with Crippen LogP contribution in [0.1, 0.15) is 54.9 Å². The van der Waals surface area contributed by atoms with E-state index in [1.54, 1.807) is 0 Å². The number of isocyanates is 1. The van der Waals surface area contributed by atoms with Crippen LogP contribution in [0.4, 0.5) is 0 Å². The molecule has 2 rings (SSSR count). The molecule has 0 N–H and O–H groups in total. The Balaban J connectivity index is 2.60. The van der Waals surface area contributed by atoms with Crippen LogP contribution in [0.5, 0.6) is 0 Å². The van der Waals surface area contributed by atoms with Gasteiger partial charge in [-0.1, -0.05) is 31.9 Å². The topological polar surface area (TPSA) is 29.4 Å². The standard InChI is InChI=1S/C16H21NO/c1-4-14-9-12(2)13(3)15(10-14)16(17-11-18)7-5-6-8-16/h9-10H,4-8H2,1-3H3. The van der Waals surface area contributed by atoms with Crippen molar-refractivity contribution in [2.24, 2.45) is 4.99 Å². The number of nitrogens with zero attached hydrogens (tertiary/aromatic N) is 1. The summed E-state index contributed by atoms with van der Waals surface area (Å²) >= 11 is 0. The normalized spacial score (nSPS) is 17.5. The van der Waals surface area contributed by atoms with Gasteiger partial charge in [-0.25, -0.2) is 4.79 Å². The predicted molar refractivity (Wildman–Crippen MR) is 73.6 cm³/mol. The minimum absolute atomic E-state index is 0.290. The molecule has 2 nitrogen and oxygen atoms in total. The van der Waals surface area contributed by atoms with Crippen LogP contribution in [0.2, 0.25) is 0 Å². The summed E-state index contributed by atoms with van der Waals surface area (Å²) in [7, 11) is 0. The Morgan fingerprint density at radius 2 is 1.94 bits per heavy atom. The molecule has 0 amide bonds. The maximum Gasteiger partial charge on any atom is 0.235 e. The Morgan fingerprint density at radius 3 is 2.50 bits per heavy atom. The largest absolute Gasteiger partial charge is 0.235 e. The van der Waals surface area contributed by atoms with Gasteiger partial charge in [0.15, 0.2) is 0 Å². The van der Waals surface area contributed by atoms with Crippen LogP contribution >= 0.6 is 0 Å². The quantitative estimate of drug-likeness (QED) is 0.583. The van der Waals surface area contributed by atoms with Gasteiger partial charge in [0.1, 0.15) is 0 Å². The Kier molecular flexibility index (Phi) is 3.68. The molecule has 1 aromatic carbocycles. The first-order valence-corrected chi connectivity index (χ1v) is 6.82. The second kappa shape index (κ2) is 5.07. The van der Waals surface area contributed by atoms with Gasteiger partial charge in [-0.2, -0.15) is 4.99 Å². The van der Waals surface area contributed by atoms with E-state index in [0.717, 1.165) is 32.1 Å². The zero-order chi connectivity index (χ0) is 13.2. The molecule has 1 aromatic rings.